The number of rotatable bonds is 16. The number of ether oxygens (including phenoxy) is 1. The van der Waals surface area contributed by atoms with Gasteiger partial charge < -0.3 is 4.74 Å². The molecule has 0 aromatic rings. The van der Waals surface area contributed by atoms with Crippen molar-refractivity contribution in [3.8, 4) is 0 Å². The molecule has 0 heterocycles. The summed E-state index contributed by atoms with van der Waals surface area (Å²) in [5.74, 6) is 0.876. The van der Waals surface area contributed by atoms with Crippen molar-refractivity contribution in [2.75, 3.05) is 19.8 Å². The molecule has 0 amide bonds. The van der Waals surface area contributed by atoms with Crippen molar-refractivity contribution in [2.24, 2.45) is 5.92 Å². The van der Waals surface area contributed by atoms with Gasteiger partial charge in [0.1, 0.15) is 6.61 Å². The lowest BCUT2D eigenvalue weighted by Crippen LogP contribution is -1.99. The Morgan fingerprint density at radius 2 is 1.10 bits per heavy atom. The summed E-state index contributed by atoms with van der Waals surface area (Å²) in [5, 5.41) is 10.2. The molecular formula is C18H37O2. The third-order valence-corrected chi connectivity index (χ3v) is 3.80. The van der Waals surface area contributed by atoms with Gasteiger partial charge in [-0.3, -0.25) is 0 Å². The second-order valence-electron chi connectivity index (χ2n) is 6.39. The molecule has 0 atom stereocenters. The Labute approximate surface area is 127 Å². The standard InChI is InChI=1S/C18H37O2/c1-18(2)14-12-10-8-6-4-3-5-7-9-11-13-16-20-17-15-19/h18H,3-17H2,1-2H3. The van der Waals surface area contributed by atoms with E-state index in [1.165, 1.54) is 70.6 Å². The zero-order valence-electron chi connectivity index (χ0n) is 14.0. The molecule has 2 heteroatoms. The molecule has 1 radical (unpaired) electrons. The van der Waals surface area contributed by atoms with Crippen LogP contribution < -0.4 is 0 Å². The molecule has 0 saturated heterocycles. The summed E-state index contributed by atoms with van der Waals surface area (Å²) >= 11 is 0. The summed E-state index contributed by atoms with van der Waals surface area (Å²) in [5.41, 5.74) is 0. The first-order chi connectivity index (χ1) is 9.77. The molecule has 0 N–H and O–H groups in total. The van der Waals surface area contributed by atoms with Gasteiger partial charge in [-0.25, -0.2) is 5.11 Å². The summed E-state index contributed by atoms with van der Waals surface area (Å²) in [6.07, 6.45) is 16.4. The number of hydrogen-bond donors (Lipinski definition) is 0. The highest BCUT2D eigenvalue weighted by Gasteiger charge is 1.95. The molecular weight excluding hydrogens is 248 g/mol. The van der Waals surface area contributed by atoms with Crippen LogP contribution in [0, 0.1) is 5.92 Å². The smallest absolute Gasteiger partial charge is 0.106 e. The SMILES string of the molecule is CC(C)CCCCCCCCCCCCCOCC[O]. The van der Waals surface area contributed by atoms with Gasteiger partial charge in [0.05, 0.1) is 6.61 Å². The monoisotopic (exact) mass is 285 g/mol. The van der Waals surface area contributed by atoms with Crippen LogP contribution in [0.1, 0.15) is 90.9 Å². The Morgan fingerprint density at radius 1 is 0.650 bits per heavy atom. The molecule has 121 valence electrons. The Bertz CT molecular complexity index is 169. The second kappa shape index (κ2) is 17.0. The molecule has 20 heavy (non-hydrogen) atoms. The van der Waals surface area contributed by atoms with Crippen molar-refractivity contribution in [3.63, 3.8) is 0 Å². The van der Waals surface area contributed by atoms with Gasteiger partial charge in [0.2, 0.25) is 0 Å². The predicted octanol–water partition coefficient (Wildman–Crippen LogP) is 5.77. The molecule has 0 spiro atoms. The van der Waals surface area contributed by atoms with Gasteiger partial charge in [-0.2, -0.15) is 0 Å². The van der Waals surface area contributed by atoms with Gasteiger partial charge in [0, 0.05) is 6.61 Å². The lowest BCUT2D eigenvalue weighted by Gasteiger charge is -2.05. The van der Waals surface area contributed by atoms with Crippen LogP contribution in [0.25, 0.3) is 0 Å². The molecule has 0 aromatic carbocycles. The Kier molecular flexibility index (Phi) is 16.9. The summed E-state index contributed by atoms with van der Waals surface area (Å²) in [6.45, 7) is 5.69. The van der Waals surface area contributed by atoms with Crippen LogP contribution in [0.15, 0.2) is 0 Å². The highest BCUT2D eigenvalue weighted by atomic mass is 16.5. The minimum absolute atomic E-state index is 0.0997. The van der Waals surface area contributed by atoms with Crippen LogP contribution in [-0.2, 0) is 9.84 Å². The van der Waals surface area contributed by atoms with Crippen LogP contribution in [-0.4, -0.2) is 19.8 Å². The molecule has 0 aliphatic carbocycles. The van der Waals surface area contributed by atoms with Gasteiger partial charge in [-0.1, -0.05) is 84.5 Å². The molecule has 0 aliphatic heterocycles. The lowest BCUT2D eigenvalue weighted by atomic mass is 10.0. The molecule has 0 bridgehead atoms. The summed E-state index contributed by atoms with van der Waals surface area (Å²) in [6, 6.07) is 0. The van der Waals surface area contributed by atoms with E-state index in [0.717, 1.165) is 18.9 Å². The molecule has 0 saturated carbocycles. The van der Waals surface area contributed by atoms with Crippen LogP contribution >= 0.6 is 0 Å². The fourth-order valence-electron chi connectivity index (χ4n) is 2.51. The van der Waals surface area contributed by atoms with E-state index in [-0.39, 0.29) is 6.61 Å². The van der Waals surface area contributed by atoms with E-state index in [2.05, 4.69) is 13.8 Å². The average molecular weight is 285 g/mol. The van der Waals surface area contributed by atoms with Gasteiger partial charge in [-0.05, 0) is 12.3 Å². The van der Waals surface area contributed by atoms with Gasteiger partial charge in [0.25, 0.3) is 0 Å². The van der Waals surface area contributed by atoms with E-state index >= 15 is 0 Å². The van der Waals surface area contributed by atoms with Crippen LogP contribution in [0.5, 0.6) is 0 Å². The molecule has 0 aromatic heterocycles. The topological polar surface area (TPSA) is 29.1 Å². The summed E-state index contributed by atoms with van der Waals surface area (Å²) in [7, 11) is 0. The fraction of sp³-hybridized carbons (Fsp3) is 1.00. The van der Waals surface area contributed by atoms with Crippen LogP contribution in [0.3, 0.4) is 0 Å². The van der Waals surface area contributed by atoms with E-state index in [1.807, 2.05) is 0 Å². The maximum Gasteiger partial charge on any atom is 0.106 e. The zero-order chi connectivity index (χ0) is 14.9. The van der Waals surface area contributed by atoms with E-state index in [1.54, 1.807) is 0 Å². The highest BCUT2D eigenvalue weighted by molar-refractivity contribution is 4.50. The first kappa shape index (κ1) is 19.9. The van der Waals surface area contributed by atoms with Crippen molar-refractivity contribution in [1.82, 2.24) is 0 Å². The van der Waals surface area contributed by atoms with Crippen molar-refractivity contribution in [2.45, 2.75) is 90.9 Å². The van der Waals surface area contributed by atoms with Crippen molar-refractivity contribution < 1.29 is 9.84 Å². The molecule has 0 rings (SSSR count). The Balaban J connectivity index is 2.92. The largest absolute Gasteiger partial charge is 0.379 e. The normalized spacial score (nSPS) is 11.4. The zero-order valence-corrected chi connectivity index (χ0v) is 14.0. The first-order valence-electron chi connectivity index (χ1n) is 8.93. The highest BCUT2D eigenvalue weighted by Crippen LogP contribution is 2.13. The third kappa shape index (κ3) is 17.9. The lowest BCUT2D eigenvalue weighted by molar-refractivity contribution is 0.0618. The number of hydrogen-bond acceptors (Lipinski definition) is 1. The average Bonchev–Trinajstić information content (AvgIpc) is 2.43. The van der Waals surface area contributed by atoms with E-state index in [9.17, 15) is 5.11 Å². The quantitative estimate of drug-likeness (QED) is 0.331. The first-order valence-corrected chi connectivity index (χ1v) is 8.93. The van der Waals surface area contributed by atoms with Crippen molar-refractivity contribution in [3.05, 3.63) is 0 Å². The maximum atomic E-state index is 10.2. The van der Waals surface area contributed by atoms with Gasteiger partial charge in [-0.15, -0.1) is 0 Å². The predicted molar refractivity (Wildman–Crippen MR) is 86.6 cm³/mol. The Hall–Kier alpha value is -0.0800. The summed E-state index contributed by atoms with van der Waals surface area (Å²) < 4.78 is 5.18. The van der Waals surface area contributed by atoms with Crippen LogP contribution in [0.2, 0.25) is 0 Å². The minimum Gasteiger partial charge on any atom is -0.379 e. The van der Waals surface area contributed by atoms with E-state index in [4.69, 9.17) is 4.74 Å². The number of unbranched alkanes of at least 4 members (excludes halogenated alkanes) is 10. The molecule has 0 fully saturated rings. The second-order valence-corrected chi connectivity index (χ2v) is 6.39. The Morgan fingerprint density at radius 3 is 1.55 bits per heavy atom. The fourth-order valence-corrected chi connectivity index (χ4v) is 2.51. The van der Waals surface area contributed by atoms with Crippen LogP contribution in [0.4, 0.5) is 0 Å². The summed E-state index contributed by atoms with van der Waals surface area (Å²) in [4.78, 5) is 0. The van der Waals surface area contributed by atoms with Crippen molar-refractivity contribution >= 4 is 0 Å². The van der Waals surface area contributed by atoms with Gasteiger partial charge >= 0.3 is 0 Å². The third-order valence-electron chi connectivity index (χ3n) is 3.80. The van der Waals surface area contributed by atoms with E-state index < -0.39 is 0 Å². The maximum absolute atomic E-state index is 10.2. The van der Waals surface area contributed by atoms with Crippen molar-refractivity contribution in [1.29, 1.82) is 0 Å². The van der Waals surface area contributed by atoms with Gasteiger partial charge in [0.15, 0.2) is 0 Å². The van der Waals surface area contributed by atoms with E-state index in [0.29, 0.717) is 6.61 Å². The molecule has 0 unspecified atom stereocenters. The molecule has 2 nitrogen and oxygen atoms in total. The molecule has 0 aliphatic rings. The minimum atomic E-state index is -0.0997.